The Bertz CT molecular complexity index is 723. The average Bonchev–Trinajstić information content (AvgIpc) is 2.85. The number of nitriles is 1. The Kier molecular flexibility index (Phi) is 3.41. The summed E-state index contributed by atoms with van der Waals surface area (Å²) in [5.41, 5.74) is 3.50. The van der Waals surface area contributed by atoms with Crippen molar-refractivity contribution >= 4 is 5.97 Å². The second-order valence-electron chi connectivity index (χ2n) is 6.45. The molecule has 2 atom stereocenters. The first kappa shape index (κ1) is 14.6. The van der Waals surface area contributed by atoms with E-state index in [0.29, 0.717) is 0 Å². The Balaban J connectivity index is 2.23. The molecule has 0 saturated carbocycles. The molecule has 22 heavy (non-hydrogen) atoms. The highest BCUT2D eigenvalue weighted by atomic mass is 16.5. The minimum absolute atomic E-state index is 0.0215. The molecule has 3 rings (SSSR count). The van der Waals surface area contributed by atoms with Crippen molar-refractivity contribution in [1.82, 2.24) is 0 Å². The number of methoxy groups -OCH3 is 1. The van der Waals surface area contributed by atoms with Gasteiger partial charge in [-0.25, -0.2) is 4.79 Å². The van der Waals surface area contributed by atoms with Crippen LogP contribution in [0.2, 0.25) is 0 Å². The van der Waals surface area contributed by atoms with Crippen LogP contribution in [0.4, 0.5) is 0 Å². The lowest BCUT2D eigenvalue weighted by Gasteiger charge is -2.33. The number of carbonyl (C=O) groups excluding carboxylic acids is 1. The number of hydrogen-bond acceptors (Lipinski definition) is 3. The van der Waals surface area contributed by atoms with E-state index in [1.165, 1.54) is 18.3 Å². The molecule has 0 aromatic carbocycles. The van der Waals surface area contributed by atoms with Crippen molar-refractivity contribution in [3.8, 4) is 6.07 Å². The third-order valence-corrected chi connectivity index (χ3v) is 4.99. The lowest BCUT2D eigenvalue weighted by atomic mass is 9.70. The molecule has 3 aliphatic carbocycles. The fourth-order valence-corrected chi connectivity index (χ4v) is 3.69. The van der Waals surface area contributed by atoms with Gasteiger partial charge in [0.1, 0.15) is 11.6 Å². The maximum atomic E-state index is 11.9. The summed E-state index contributed by atoms with van der Waals surface area (Å²) >= 11 is 0. The van der Waals surface area contributed by atoms with Crippen molar-refractivity contribution in [2.24, 2.45) is 17.3 Å². The molecule has 0 radical (unpaired) electrons. The van der Waals surface area contributed by atoms with Crippen LogP contribution >= 0.6 is 0 Å². The van der Waals surface area contributed by atoms with Crippen LogP contribution in [-0.2, 0) is 9.53 Å². The van der Waals surface area contributed by atoms with Crippen LogP contribution in [0.5, 0.6) is 0 Å². The molecule has 0 heterocycles. The summed E-state index contributed by atoms with van der Waals surface area (Å²) in [5, 5.41) is 9.41. The molecular weight excluding hydrogens is 274 g/mol. The third kappa shape index (κ3) is 1.99. The zero-order valence-corrected chi connectivity index (χ0v) is 13.1. The van der Waals surface area contributed by atoms with Crippen LogP contribution in [-0.4, -0.2) is 13.1 Å². The zero-order chi connectivity index (χ0) is 15.9. The standard InChI is InChI=1S/C19H19NO2/c1-19(2)12-7-9-13(15-5-4-6-17(15)19)14(10-8-12)16(11-20)18(21)22-3/h4,6-10,12-13H,5H2,1-3H3/b16-14+/t12-,13+/m0/s1. The van der Waals surface area contributed by atoms with E-state index in [2.05, 4.69) is 44.2 Å². The summed E-state index contributed by atoms with van der Waals surface area (Å²) in [7, 11) is 1.31. The number of carbonyl (C=O) groups is 1. The van der Waals surface area contributed by atoms with Gasteiger partial charge in [0.05, 0.1) is 7.11 Å². The molecule has 0 aromatic rings. The number of rotatable bonds is 1. The number of allylic oxidation sites excluding steroid dienone is 9. The molecule has 0 aliphatic heterocycles. The average molecular weight is 293 g/mol. The number of nitrogens with zero attached hydrogens (tertiary/aromatic N) is 1. The van der Waals surface area contributed by atoms with Crippen molar-refractivity contribution in [3.05, 3.63) is 58.7 Å². The van der Waals surface area contributed by atoms with Crippen molar-refractivity contribution in [1.29, 1.82) is 5.26 Å². The van der Waals surface area contributed by atoms with Gasteiger partial charge in [-0.15, -0.1) is 0 Å². The molecule has 0 unspecified atom stereocenters. The van der Waals surface area contributed by atoms with Crippen molar-refractivity contribution in [2.75, 3.05) is 7.11 Å². The van der Waals surface area contributed by atoms with Crippen molar-refractivity contribution in [3.63, 3.8) is 0 Å². The molecule has 0 fully saturated rings. The molecule has 3 aliphatic rings. The zero-order valence-electron chi connectivity index (χ0n) is 13.1. The smallest absolute Gasteiger partial charge is 0.348 e. The molecule has 0 aromatic heterocycles. The van der Waals surface area contributed by atoms with Gasteiger partial charge in [-0.05, 0) is 23.0 Å². The molecule has 0 saturated heterocycles. The van der Waals surface area contributed by atoms with Crippen LogP contribution in [0.1, 0.15) is 20.3 Å². The fraction of sp³-hybridized carbons (Fsp3) is 0.368. The van der Waals surface area contributed by atoms with Gasteiger partial charge in [0.15, 0.2) is 0 Å². The monoisotopic (exact) mass is 293 g/mol. The molecule has 112 valence electrons. The summed E-state index contributed by atoms with van der Waals surface area (Å²) in [4.78, 5) is 11.9. The highest BCUT2D eigenvalue weighted by Gasteiger charge is 2.39. The van der Waals surface area contributed by atoms with Crippen LogP contribution in [0.25, 0.3) is 0 Å². The van der Waals surface area contributed by atoms with Gasteiger partial charge in [0.2, 0.25) is 0 Å². The molecule has 3 nitrogen and oxygen atoms in total. The van der Waals surface area contributed by atoms with Crippen LogP contribution in [0, 0.1) is 28.6 Å². The van der Waals surface area contributed by atoms with E-state index in [0.717, 1.165) is 12.0 Å². The Morgan fingerprint density at radius 3 is 2.77 bits per heavy atom. The lowest BCUT2D eigenvalue weighted by Crippen LogP contribution is -2.24. The van der Waals surface area contributed by atoms with Gasteiger partial charge < -0.3 is 4.74 Å². The molecule has 0 N–H and O–H groups in total. The number of fused-ring (bicyclic) bond motifs is 3. The van der Waals surface area contributed by atoms with Gasteiger partial charge in [-0.1, -0.05) is 55.9 Å². The van der Waals surface area contributed by atoms with E-state index >= 15 is 0 Å². The Morgan fingerprint density at radius 2 is 2.09 bits per heavy atom. The van der Waals surface area contributed by atoms with Gasteiger partial charge in [0, 0.05) is 11.8 Å². The second kappa shape index (κ2) is 5.14. The van der Waals surface area contributed by atoms with Crippen LogP contribution in [0.3, 0.4) is 0 Å². The first-order valence-corrected chi connectivity index (χ1v) is 7.50. The highest BCUT2D eigenvalue weighted by molar-refractivity contribution is 5.94. The molecule has 0 spiro atoms. The van der Waals surface area contributed by atoms with Gasteiger partial charge in [0.25, 0.3) is 0 Å². The number of ether oxygens (including phenoxy) is 1. The largest absolute Gasteiger partial charge is 0.465 e. The van der Waals surface area contributed by atoms with Crippen molar-refractivity contribution < 1.29 is 9.53 Å². The van der Waals surface area contributed by atoms with Gasteiger partial charge >= 0.3 is 5.97 Å². The SMILES string of the molecule is COC(=O)/C(C#N)=C1\C=C[C@@H]2C=C[C@H]1C1=C(C=CC1)C2(C)C. The summed E-state index contributed by atoms with van der Waals surface area (Å²) in [6.45, 7) is 4.50. The van der Waals surface area contributed by atoms with E-state index in [9.17, 15) is 10.1 Å². The van der Waals surface area contributed by atoms with E-state index in [4.69, 9.17) is 4.74 Å². The Morgan fingerprint density at radius 1 is 1.32 bits per heavy atom. The molecule has 0 amide bonds. The minimum atomic E-state index is -0.563. The van der Waals surface area contributed by atoms with Crippen molar-refractivity contribution in [2.45, 2.75) is 20.3 Å². The Hall–Kier alpha value is -2.34. The predicted octanol–water partition coefficient (Wildman–Crippen LogP) is 3.63. The van der Waals surface area contributed by atoms with E-state index in [1.54, 1.807) is 0 Å². The molecule has 3 heteroatoms. The van der Waals surface area contributed by atoms with E-state index in [-0.39, 0.29) is 22.8 Å². The number of esters is 1. The number of hydrogen-bond donors (Lipinski definition) is 0. The normalized spacial score (nSPS) is 29.7. The third-order valence-electron chi connectivity index (χ3n) is 4.99. The summed E-state index contributed by atoms with van der Waals surface area (Å²) < 4.78 is 4.78. The van der Waals surface area contributed by atoms with Crippen LogP contribution in [0.15, 0.2) is 58.7 Å². The first-order valence-electron chi connectivity index (χ1n) is 7.50. The van der Waals surface area contributed by atoms with Crippen LogP contribution < -0.4 is 0 Å². The minimum Gasteiger partial charge on any atom is -0.465 e. The summed E-state index contributed by atoms with van der Waals surface area (Å²) in [5.74, 6) is -0.339. The second-order valence-corrected chi connectivity index (χ2v) is 6.45. The summed E-state index contributed by atoms with van der Waals surface area (Å²) in [6, 6.07) is 2.03. The first-order chi connectivity index (χ1) is 10.5. The lowest BCUT2D eigenvalue weighted by molar-refractivity contribution is -0.135. The maximum absolute atomic E-state index is 11.9. The van der Waals surface area contributed by atoms with E-state index in [1.807, 2.05) is 12.1 Å². The maximum Gasteiger partial charge on any atom is 0.348 e. The Labute approximate surface area is 131 Å². The molecular formula is C19H19NO2. The van der Waals surface area contributed by atoms with Gasteiger partial charge in [-0.2, -0.15) is 5.26 Å². The van der Waals surface area contributed by atoms with Gasteiger partial charge in [-0.3, -0.25) is 0 Å². The predicted molar refractivity (Wildman–Crippen MR) is 84.5 cm³/mol. The topological polar surface area (TPSA) is 50.1 Å². The highest BCUT2D eigenvalue weighted by Crippen LogP contribution is 2.50. The summed E-state index contributed by atoms with van der Waals surface area (Å²) in [6.07, 6.45) is 13.6. The quantitative estimate of drug-likeness (QED) is 0.321. The molecule has 2 bridgehead atoms. The fourth-order valence-electron chi connectivity index (χ4n) is 3.69. The van der Waals surface area contributed by atoms with E-state index < -0.39 is 5.97 Å².